The van der Waals surface area contributed by atoms with Crippen LogP contribution < -0.4 is 0 Å². The van der Waals surface area contributed by atoms with Gasteiger partial charge in [-0.15, -0.1) is 0 Å². The fourth-order valence-electron chi connectivity index (χ4n) is 2.25. The minimum absolute atomic E-state index is 0.731. The normalized spacial score (nSPS) is 17.7. The van der Waals surface area contributed by atoms with Gasteiger partial charge >= 0.3 is 32.5 Å². The van der Waals surface area contributed by atoms with Crippen LogP contribution >= 0.6 is 0 Å². The Labute approximate surface area is 169 Å². The Morgan fingerprint density at radius 3 is 1.23 bits per heavy atom. The molecule has 0 fully saturated rings. The zero-order valence-electron chi connectivity index (χ0n) is 16.1. The van der Waals surface area contributed by atoms with Gasteiger partial charge in [-0.3, -0.25) is 0 Å². The Kier molecular flexibility index (Phi) is 10.1. The molecule has 3 nitrogen and oxygen atoms in total. The van der Waals surface area contributed by atoms with Crippen LogP contribution in [0.1, 0.15) is 20.8 Å². The highest BCUT2D eigenvalue weighted by atomic mass is 28.4. The zero-order valence-corrected chi connectivity index (χ0v) is 17.1. The molecule has 3 unspecified atom stereocenters. The molecule has 0 N–H and O–H groups in total. The van der Waals surface area contributed by atoms with Gasteiger partial charge in [0.2, 0.25) is 12.0 Å². The van der Waals surface area contributed by atoms with Crippen LogP contribution in [0, 0.1) is 0 Å². The van der Waals surface area contributed by atoms with Gasteiger partial charge in [-0.05, 0) is 20.8 Å². The molecule has 0 aromatic carbocycles. The van der Waals surface area contributed by atoms with Crippen molar-refractivity contribution in [3.8, 4) is 0 Å². The zero-order chi connectivity index (χ0) is 25.1. The third kappa shape index (κ3) is 5.24. The van der Waals surface area contributed by atoms with Crippen LogP contribution in [0.2, 0.25) is 0 Å². The molecular weight excluding hydrogens is 491 g/mol. The molecule has 0 aliphatic heterocycles. The highest BCUT2D eigenvalue weighted by molar-refractivity contribution is 6.62. The first kappa shape index (κ1) is 30.2. The Morgan fingerprint density at radius 2 is 0.935 bits per heavy atom. The highest BCUT2D eigenvalue weighted by Gasteiger charge is 2.87. The summed E-state index contributed by atoms with van der Waals surface area (Å²) < 4.78 is 189. The van der Waals surface area contributed by atoms with Gasteiger partial charge in [0.15, 0.2) is 6.17 Å². The van der Waals surface area contributed by atoms with Gasteiger partial charge in [0.1, 0.15) is 0 Å². The molecule has 0 saturated carbocycles. The van der Waals surface area contributed by atoms with Crippen LogP contribution in [-0.4, -0.2) is 76.9 Å². The second kappa shape index (κ2) is 10.4. The quantitative estimate of drug-likeness (QED) is 0.232. The van der Waals surface area contributed by atoms with Crippen molar-refractivity contribution in [1.82, 2.24) is 0 Å². The Bertz CT molecular complexity index is 547. The Morgan fingerprint density at radius 1 is 0.613 bits per heavy atom. The maximum atomic E-state index is 14.6. The molecule has 0 bridgehead atoms. The second-order valence-electron chi connectivity index (χ2n) is 5.84. The lowest BCUT2D eigenvalue weighted by Crippen LogP contribution is -2.72. The van der Waals surface area contributed by atoms with Crippen LogP contribution in [0.25, 0.3) is 0 Å². The van der Waals surface area contributed by atoms with Crippen LogP contribution in [0.4, 0.5) is 57.1 Å². The molecule has 0 amide bonds. The summed E-state index contributed by atoms with van der Waals surface area (Å²) >= 11 is 0. The topological polar surface area (TPSA) is 27.7 Å². The van der Waals surface area contributed by atoms with Crippen molar-refractivity contribution >= 4 is 8.80 Å². The van der Waals surface area contributed by atoms with Gasteiger partial charge < -0.3 is 13.3 Å². The molecule has 0 rings (SSSR count). The summed E-state index contributed by atoms with van der Waals surface area (Å²) in [6.07, 6.45) is -14.8. The minimum Gasteiger partial charge on any atom is -0.372 e. The first-order chi connectivity index (χ1) is 13.9. The predicted octanol–water partition coefficient (Wildman–Crippen LogP) is 5.39. The van der Waals surface area contributed by atoms with Crippen molar-refractivity contribution < 1.29 is 70.4 Å². The van der Waals surface area contributed by atoms with Gasteiger partial charge in [0.05, 0.1) is 0 Å². The van der Waals surface area contributed by atoms with Crippen LogP contribution in [0.5, 0.6) is 0 Å². The smallest absolute Gasteiger partial charge is 0.372 e. The minimum atomic E-state index is -7.54. The van der Waals surface area contributed by atoms with E-state index in [9.17, 15) is 57.1 Å². The summed E-state index contributed by atoms with van der Waals surface area (Å²) in [6.45, 7) is 0.864. The lowest BCUT2D eigenvalue weighted by atomic mass is 9.94. The van der Waals surface area contributed by atoms with Gasteiger partial charge in [0.25, 0.3) is 6.43 Å². The van der Waals surface area contributed by atoms with E-state index in [1.165, 1.54) is 0 Å². The SMILES string of the molecule is CCO[Si](OCC)(OCC)C(F)C(F)(F)C(F)(F)C(F)(F)C(F)(F)C(F)C(F)C(F)F. The summed E-state index contributed by atoms with van der Waals surface area (Å²) in [5, 5.41) is 0. The first-order valence-corrected chi connectivity index (χ1v) is 10.3. The average Bonchev–Trinajstić information content (AvgIpc) is 2.65. The predicted molar refractivity (Wildman–Crippen MR) is 81.1 cm³/mol. The molecule has 0 aromatic heterocycles. The maximum absolute atomic E-state index is 14.6. The van der Waals surface area contributed by atoms with E-state index in [0.29, 0.717) is 0 Å². The van der Waals surface area contributed by atoms with E-state index < -0.39 is 76.9 Å². The molecule has 31 heavy (non-hydrogen) atoms. The fraction of sp³-hybridized carbons (Fsp3) is 1.00. The van der Waals surface area contributed by atoms with E-state index in [1.54, 1.807) is 0 Å². The van der Waals surface area contributed by atoms with E-state index in [-0.39, 0.29) is 0 Å². The Balaban J connectivity index is 6.45. The molecule has 0 aliphatic carbocycles. The van der Waals surface area contributed by atoms with Crippen LogP contribution in [0.15, 0.2) is 0 Å². The fourth-order valence-corrected chi connectivity index (χ4v) is 4.77. The summed E-state index contributed by atoms with van der Waals surface area (Å²) in [5.41, 5.74) is 0. The van der Waals surface area contributed by atoms with E-state index in [2.05, 4.69) is 13.3 Å². The molecule has 0 aromatic rings. The van der Waals surface area contributed by atoms with Crippen molar-refractivity contribution in [3.05, 3.63) is 0 Å². The summed E-state index contributed by atoms with van der Waals surface area (Å²) in [5.74, 6) is -33.5. The molecule has 3 atom stereocenters. The Hall–Kier alpha value is -0.813. The van der Waals surface area contributed by atoms with Crippen LogP contribution in [0.3, 0.4) is 0 Å². The van der Waals surface area contributed by atoms with Crippen molar-refractivity contribution in [1.29, 1.82) is 0 Å². The van der Waals surface area contributed by atoms with E-state index in [1.807, 2.05) is 0 Å². The number of rotatable bonds is 14. The van der Waals surface area contributed by atoms with Crippen molar-refractivity contribution in [2.45, 2.75) is 69.0 Å². The van der Waals surface area contributed by atoms with Crippen molar-refractivity contribution in [3.63, 3.8) is 0 Å². The highest BCUT2D eigenvalue weighted by Crippen LogP contribution is 2.57. The molecule has 17 heteroatoms. The third-order valence-corrected chi connectivity index (χ3v) is 6.82. The second-order valence-corrected chi connectivity index (χ2v) is 8.42. The van der Waals surface area contributed by atoms with Crippen molar-refractivity contribution in [2.24, 2.45) is 0 Å². The third-order valence-electron chi connectivity index (χ3n) is 3.76. The van der Waals surface area contributed by atoms with Gasteiger partial charge in [-0.2, -0.15) is 35.1 Å². The van der Waals surface area contributed by atoms with Gasteiger partial charge in [-0.25, -0.2) is 22.0 Å². The van der Waals surface area contributed by atoms with Crippen LogP contribution in [-0.2, 0) is 13.3 Å². The van der Waals surface area contributed by atoms with E-state index in [4.69, 9.17) is 0 Å². The maximum Gasteiger partial charge on any atom is 0.543 e. The summed E-state index contributed by atoms with van der Waals surface area (Å²) in [6, 6.07) is 0. The van der Waals surface area contributed by atoms with Crippen molar-refractivity contribution in [2.75, 3.05) is 19.8 Å². The molecular formula is C14H19F13O3Si. The van der Waals surface area contributed by atoms with E-state index >= 15 is 0 Å². The molecule has 0 aliphatic rings. The largest absolute Gasteiger partial charge is 0.543 e. The molecule has 0 radical (unpaired) electrons. The number of hydrogen-bond donors (Lipinski definition) is 0. The average molecular weight is 510 g/mol. The van der Waals surface area contributed by atoms with Gasteiger partial charge in [0, 0.05) is 19.8 Å². The monoisotopic (exact) mass is 510 g/mol. The molecule has 188 valence electrons. The first-order valence-electron chi connectivity index (χ1n) is 8.49. The summed E-state index contributed by atoms with van der Waals surface area (Å²) in [7, 11) is -5.61. The standard InChI is InChI=1S/C14H19F13O3Si/c1-4-28-31(29-5-2,30-6-3)10(19)12(22,23)14(26,27)13(24,25)11(20,21)8(16)7(15)9(17)18/h7-10H,4-6H2,1-3H3. The number of alkyl halides is 13. The number of halogens is 13. The summed E-state index contributed by atoms with van der Waals surface area (Å²) in [4.78, 5) is 0. The van der Waals surface area contributed by atoms with Gasteiger partial charge in [-0.1, -0.05) is 0 Å². The van der Waals surface area contributed by atoms with E-state index in [0.717, 1.165) is 20.8 Å². The number of hydrogen-bond acceptors (Lipinski definition) is 3. The molecule has 0 spiro atoms. The lowest BCUT2D eigenvalue weighted by molar-refractivity contribution is -0.385. The molecule has 0 heterocycles. The lowest BCUT2D eigenvalue weighted by Gasteiger charge is -2.41. The molecule has 0 saturated heterocycles.